The van der Waals surface area contributed by atoms with Crippen LogP contribution < -0.4 is 0 Å². The van der Waals surface area contributed by atoms with Crippen LogP contribution in [0.25, 0.3) is 0 Å². The Morgan fingerprint density at radius 3 is 2.73 bits per heavy atom. The van der Waals surface area contributed by atoms with Crippen molar-refractivity contribution < 1.29 is 0 Å². The van der Waals surface area contributed by atoms with E-state index in [2.05, 4.69) is 16.5 Å². The molecule has 0 bridgehead atoms. The number of hydrogen-bond acceptors (Lipinski definition) is 3. The van der Waals surface area contributed by atoms with Gasteiger partial charge in [0.25, 0.3) is 0 Å². The molecule has 0 aliphatic rings. The van der Waals surface area contributed by atoms with Crippen LogP contribution in [0.5, 0.6) is 0 Å². The number of rotatable bonds is 2. The molecule has 1 aromatic heterocycles. The molecule has 1 rings (SSSR count). The molecular weight excluding hydrogens is 156 g/mol. The molecule has 3 heteroatoms. The highest BCUT2D eigenvalue weighted by Crippen LogP contribution is 2.09. The SMILES string of the molecule is C/C(=N/N(C)C)c1cccs1. The van der Waals surface area contributed by atoms with Gasteiger partial charge in [0.15, 0.2) is 0 Å². The molecule has 1 heterocycles. The van der Waals surface area contributed by atoms with Crippen LogP contribution in [0.3, 0.4) is 0 Å². The van der Waals surface area contributed by atoms with Gasteiger partial charge in [-0.1, -0.05) is 6.07 Å². The second-order valence-electron chi connectivity index (χ2n) is 2.51. The van der Waals surface area contributed by atoms with E-state index in [1.165, 1.54) is 4.88 Å². The lowest BCUT2D eigenvalue weighted by Gasteiger charge is -2.04. The summed E-state index contributed by atoms with van der Waals surface area (Å²) in [6.45, 7) is 2.02. The van der Waals surface area contributed by atoms with E-state index < -0.39 is 0 Å². The van der Waals surface area contributed by atoms with Crippen LogP contribution >= 0.6 is 11.3 Å². The van der Waals surface area contributed by atoms with Crippen molar-refractivity contribution in [2.45, 2.75) is 6.92 Å². The molecule has 60 valence electrons. The Bertz CT molecular complexity index is 237. The predicted octanol–water partition coefficient (Wildman–Crippen LogP) is 2.03. The molecule has 0 aliphatic carbocycles. The first kappa shape index (κ1) is 8.27. The van der Waals surface area contributed by atoms with E-state index in [-0.39, 0.29) is 0 Å². The molecule has 0 aliphatic heterocycles. The van der Waals surface area contributed by atoms with Crippen LogP contribution in [-0.2, 0) is 0 Å². The van der Waals surface area contributed by atoms with E-state index in [9.17, 15) is 0 Å². The summed E-state index contributed by atoms with van der Waals surface area (Å²) in [4.78, 5) is 1.23. The normalized spacial score (nSPS) is 11.7. The smallest absolute Gasteiger partial charge is 0.0745 e. The summed E-state index contributed by atoms with van der Waals surface area (Å²) in [5.41, 5.74) is 1.07. The number of hydrogen-bond donors (Lipinski definition) is 0. The van der Waals surface area contributed by atoms with E-state index in [1.807, 2.05) is 32.1 Å². The van der Waals surface area contributed by atoms with Crippen LogP contribution in [0.4, 0.5) is 0 Å². The van der Waals surface area contributed by atoms with Crippen molar-refractivity contribution in [1.29, 1.82) is 0 Å². The lowest BCUT2D eigenvalue weighted by atomic mass is 10.3. The van der Waals surface area contributed by atoms with Gasteiger partial charge >= 0.3 is 0 Å². The predicted molar refractivity (Wildman–Crippen MR) is 50.2 cm³/mol. The maximum Gasteiger partial charge on any atom is 0.0745 e. The van der Waals surface area contributed by atoms with Gasteiger partial charge in [0.05, 0.1) is 5.71 Å². The number of hydrazone groups is 1. The first-order chi connectivity index (χ1) is 5.20. The monoisotopic (exact) mass is 168 g/mol. The minimum absolute atomic E-state index is 1.07. The molecule has 0 N–H and O–H groups in total. The van der Waals surface area contributed by atoms with Crippen molar-refractivity contribution in [2.75, 3.05) is 14.1 Å². The molecule has 2 nitrogen and oxygen atoms in total. The highest BCUT2D eigenvalue weighted by atomic mass is 32.1. The van der Waals surface area contributed by atoms with Crippen LogP contribution in [0.1, 0.15) is 11.8 Å². The molecule has 0 fully saturated rings. The summed E-state index contributed by atoms with van der Waals surface area (Å²) >= 11 is 1.72. The largest absolute Gasteiger partial charge is 0.303 e. The van der Waals surface area contributed by atoms with Gasteiger partial charge in [-0.05, 0) is 18.4 Å². The van der Waals surface area contributed by atoms with Gasteiger partial charge in [-0.15, -0.1) is 11.3 Å². The van der Waals surface area contributed by atoms with Crippen molar-refractivity contribution >= 4 is 17.0 Å². The van der Waals surface area contributed by atoms with Crippen molar-refractivity contribution in [3.05, 3.63) is 22.4 Å². The van der Waals surface area contributed by atoms with Gasteiger partial charge in [-0.3, -0.25) is 0 Å². The van der Waals surface area contributed by atoms with Gasteiger partial charge in [-0.25, -0.2) is 0 Å². The van der Waals surface area contributed by atoms with Crippen molar-refractivity contribution in [2.24, 2.45) is 5.10 Å². The summed E-state index contributed by atoms with van der Waals surface area (Å²) in [6, 6.07) is 4.11. The molecule has 0 unspecified atom stereocenters. The van der Waals surface area contributed by atoms with Gasteiger partial charge in [0.1, 0.15) is 0 Å². The van der Waals surface area contributed by atoms with Crippen LogP contribution in [0.15, 0.2) is 22.6 Å². The summed E-state index contributed by atoms with van der Waals surface area (Å²) in [6.07, 6.45) is 0. The van der Waals surface area contributed by atoms with E-state index in [0.717, 1.165) is 5.71 Å². The van der Waals surface area contributed by atoms with Gasteiger partial charge < -0.3 is 5.01 Å². The number of thiophene rings is 1. The molecule has 0 saturated heterocycles. The average molecular weight is 168 g/mol. The van der Waals surface area contributed by atoms with Crippen LogP contribution in [0.2, 0.25) is 0 Å². The van der Waals surface area contributed by atoms with E-state index in [0.29, 0.717) is 0 Å². The lowest BCUT2D eigenvalue weighted by Crippen LogP contribution is -2.06. The zero-order valence-electron chi connectivity index (χ0n) is 7.03. The van der Waals surface area contributed by atoms with Crippen molar-refractivity contribution in [1.82, 2.24) is 5.01 Å². The highest BCUT2D eigenvalue weighted by molar-refractivity contribution is 7.12. The molecule has 0 aromatic carbocycles. The molecule has 11 heavy (non-hydrogen) atoms. The summed E-state index contributed by atoms with van der Waals surface area (Å²) in [5, 5.41) is 8.15. The highest BCUT2D eigenvalue weighted by Gasteiger charge is 1.96. The molecule has 0 spiro atoms. The van der Waals surface area contributed by atoms with Crippen LogP contribution in [-0.4, -0.2) is 24.8 Å². The molecule has 0 atom stereocenters. The Labute approximate surface area is 71.2 Å². The molecular formula is C8H12N2S. The Kier molecular flexibility index (Phi) is 2.65. The zero-order valence-corrected chi connectivity index (χ0v) is 7.85. The first-order valence-electron chi connectivity index (χ1n) is 3.46. The Balaban J connectivity index is 2.77. The fourth-order valence-electron chi connectivity index (χ4n) is 0.834. The van der Waals surface area contributed by atoms with E-state index >= 15 is 0 Å². The van der Waals surface area contributed by atoms with E-state index in [1.54, 1.807) is 11.3 Å². The lowest BCUT2D eigenvalue weighted by molar-refractivity contribution is 0.438. The van der Waals surface area contributed by atoms with Gasteiger partial charge in [0.2, 0.25) is 0 Å². The quantitative estimate of drug-likeness (QED) is 0.487. The minimum atomic E-state index is 1.07. The summed E-state index contributed by atoms with van der Waals surface area (Å²) in [5.74, 6) is 0. The Hall–Kier alpha value is -0.830. The minimum Gasteiger partial charge on any atom is -0.303 e. The summed E-state index contributed by atoms with van der Waals surface area (Å²) < 4.78 is 0. The molecule has 0 saturated carbocycles. The Morgan fingerprint density at radius 2 is 2.27 bits per heavy atom. The van der Waals surface area contributed by atoms with Crippen molar-refractivity contribution in [3.63, 3.8) is 0 Å². The second-order valence-corrected chi connectivity index (χ2v) is 3.46. The third-order valence-corrected chi connectivity index (χ3v) is 2.21. The van der Waals surface area contributed by atoms with Gasteiger partial charge in [-0.2, -0.15) is 5.10 Å². The topological polar surface area (TPSA) is 15.6 Å². The second kappa shape index (κ2) is 3.53. The average Bonchev–Trinajstić information content (AvgIpc) is 2.35. The van der Waals surface area contributed by atoms with Gasteiger partial charge in [0, 0.05) is 19.0 Å². The molecule has 1 aromatic rings. The molecule has 0 radical (unpaired) electrons. The fourth-order valence-corrected chi connectivity index (χ4v) is 1.51. The third kappa shape index (κ3) is 2.35. The van der Waals surface area contributed by atoms with Crippen molar-refractivity contribution in [3.8, 4) is 0 Å². The summed E-state index contributed by atoms with van der Waals surface area (Å²) in [7, 11) is 3.86. The maximum absolute atomic E-state index is 4.28. The van der Waals surface area contributed by atoms with E-state index in [4.69, 9.17) is 0 Å². The zero-order chi connectivity index (χ0) is 8.27. The molecule has 0 amide bonds. The fraction of sp³-hybridized carbons (Fsp3) is 0.375. The maximum atomic E-state index is 4.28. The third-order valence-electron chi connectivity index (χ3n) is 1.23. The van der Waals surface area contributed by atoms with Crippen LogP contribution in [0, 0.1) is 0 Å². The Morgan fingerprint density at radius 1 is 1.55 bits per heavy atom. The first-order valence-corrected chi connectivity index (χ1v) is 4.34. The standard InChI is InChI=1S/C8H12N2S/c1-7(9-10(2)3)8-5-4-6-11-8/h4-6H,1-3H3/b9-7-. The number of nitrogens with zero attached hydrogens (tertiary/aromatic N) is 2.